The smallest absolute Gasteiger partial charge is 0.165 e. The third-order valence-electron chi connectivity index (χ3n) is 11.1. The van der Waals surface area contributed by atoms with Crippen LogP contribution in [0.25, 0.3) is 93.4 Å². The van der Waals surface area contributed by atoms with E-state index in [-0.39, 0.29) is 5.41 Å². The molecule has 0 bridgehead atoms. The van der Waals surface area contributed by atoms with Gasteiger partial charge in [-0.3, -0.25) is 4.57 Å². The van der Waals surface area contributed by atoms with E-state index in [4.69, 9.17) is 9.97 Å². The van der Waals surface area contributed by atoms with Crippen LogP contribution in [0.1, 0.15) is 25.0 Å². The first-order chi connectivity index (χ1) is 24.6. The Morgan fingerprint density at radius 2 is 1.14 bits per heavy atom. The van der Waals surface area contributed by atoms with Gasteiger partial charge in [0.1, 0.15) is 5.69 Å². The quantitative estimate of drug-likeness (QED) is 0.177. The van der Waals surface area contributed by atoms with Gasteiger partial charge in [0.05, 0.1) is 22.1 Å². The monoisotopic (exact) mass is 637 g/mol. The molecular formula is C47H31N3. The maximum atomic E-state index is 5.68. The highest BCUT2D eigenvalue weighted by Gasteiger charge is 2.38. The highest BCUT2D eigenvalue weighted by Crippen LogP contribution is 2.53. The molecule has 0 unspecified atom stereocenters. The van der Waals surface area contributed by atoms with Crippen molar-refractivity contribution in [2.24, 2.45) is 0 Å². The summed E-state index contributed by atoms with van der Waals surface area (Å²) >= 11 is 0. The van der Waals surface area contributed by atoms with Crippen molar-refractivity contribution in [3.05, 3.63) is 163 Å². The van der Waals surface area contributed by atoms with Crippen LogP contribution in [-0.4, -0.2) is 14.5 Å². The van der Waals surface area contributed by atoms with Gasteiger partial charge < -0.3 is 0 Å². The lowest BCUT2D eigenvalue weighted by Gasteiger charge is -2.22. The van der Waals surface area contributed by atoms with E-state index >= 15 is 0 Å². The van der Waals surface area contributed by atoms with Crippen molar-refractivity contribution in [1.82, 2.24) is 14.5 Å². The summed E-state index contributed by atoms with van der Waals surface area (Å²) in [5, 5.41) is 9.56. The molecule has 11 rings (SSSR count). The van der Waals surface area contributed by atoms with Gasteiger partial charge in [0, 0.05) is 27.1 Å². The second-order valence-corrected chi connectivity index (χ2v) is 14.2. The topological polar surface area (TPSA) is 30.7 Å². The van der Waals surface area contributed by atoms with Crippen LogP contribution >= 0.6 is 0 Å². The average molecular weight is 638 g/mol. The van der Waals surface area contributed by atoms with Crippen molar-refractivity contribution in [2.75, 3.05) is 0 Å². The Balaban J connectivity index is 1.36. The summed E-state index contributed by atoms with van der Waals surface area (Å²) in [6.45, 7) is 4.76. The number of hydrogen-bond acceptors (Lipinski definition) is 2. The molecule has 0 N–H and O–H groups in total. The zero-order chi connectivity index (χ0) is 33.1. The summed E-state index contributed by atoms with van der Waals surface area (Å²) in [7, 11) is 0. The number of nitrogens with zero attached hydrogens (tertiary/aromatic N) is 3. The molecule has 2 heterocycles. The molecule has 0 aliphatic heterocycles. The van der Waals surface area contributed by atoms with Gasteiger partial charge in [-0.2, -0.15) is 0 Å². The lowest BCUT2D eigenvalue weighted by atomic mass is 9.80. The van der Waals surface area contributed by atoms with Crippen LogP contribution in [0.15, 0.2) is 152 Å². The Hall–Kier alpha value is -6.32. The minimum Gasteiger partial charge on any atom is -0.292 e. The normalized spacial score (nSPS) is 13.6. The van der Waals surface area contributed by atoms with E-state index in [1.807, 2.05) is 0 Å². The van der Waals surface area contributed by atoms with Gasteiger partial charge in [0.25, 0.3) is 0 Å². The van der Waals surface area contributed by atoms with E-state index in [0.717, 1.165) is 55.3 Å². The zero-order valence-electron chi connectivity index (χ0n) is 27.8. The molecule has 0 fully saturated rings. The van der Waals surface area contributed by atoms with Crippen molar-refractivity contribution in [1.29, 1.82) is 0 Å². The van der Waals surface area contributed by atoms with Crippen LogP contribution in [0.4, 0.5) is 0 Å². The Morgan fingerprint density at radius 1 is 0.480 bits per heavy atom. The van der Waals surface area contributed by atoms with E-state index in [1.165, 1.54) is 49.2 Å². The number of benzene rings is 8. The lowest BCUT2D eigenvalue weighted by molar-refractivity contribution is 0.666. The van der Waals surface area contributed by atoms with Gasteiger partial charge in [-0.05, 0) is 73.5 Å². The third-order valence-corrected chi connectivity index (χ3v) is 11.1. The molecule has 234 valence electrons. The van der Waals surface area contributed by atoms with E-state index in [9.17, 15) is 0 Å². The van der Waals surface area contributed by atoms with Crippen LogP contribution in [0.3, 0.4) is 0 Å². The fraction of sp³-hybridized carbons (Fsp3) is 0.0638. The van der Waals surface area contributed by atoms with E-state index in [1.54, 1.807) is 0 Å². The maximum Gasteiger partial charge on any atom is 0.165 e. The SMILES string of the molecule is CC1(C)c2ccccc2-c2ccc3c(c21)c1cc2ccccc2cc1n3-c1nc2c(ccc3ccccc32)nc1-c1cccc2ccccc12. The first kappa shape index (κ1) is 27.6. The third kappa shape index (κ3) is 3.64. The van der Waals surface area contributed by atoms with Gasteiger partial charge in [0.15, 0.2) is 5.82 Å². The largest absolute Gasteiger partial charge is 0.292 e. The van der Waals surface area contributed by atoms with Gasteiger partial charge in [-0.1, -0.05) is 141 Å². The highest BCUT2D eigenvalue weighted by atomic mass is 15.1. The first-order valence-electron chi connectivity index (χ1n) is 17.3. The Bertz CT molecular complexity index is 3070. The number of fused-ring (bicyclic) bond motifs is 12. The predicted molar refractivity (Wildman–Crippen MR) is 209 cm³/mol. The minimum absolute atomic E-state index is 0.181. The second kappa shape index (κ2) is 9.87. The Morgan fingerprint density at radius 3 is 1.98 bits per heavy atom. The summed E-state index contributed by atoms with van der Waals surface area (Å²) < 4.78 is 2.40. The van der Waals surface area contributed by atoms with E-state index < -0.39 is 0 Å². The van der Waals surface area contributed by atoms with Crippen molar-refractivity contribution in [2.45, 2.75) is 19.3 Å². The summed E-state index contributed by atoms with van der Waals surface area (Å²) in [5.74, 6) is 0.841. The number of hydrogen-bond donors (Lipinski definition) is 0. The van der Waals surface area contributed by atoms with Crippen LogP contribution in [0.5, 0.6) is 0 Å². The number of aromatic nitrogens is 3. The fourth-order valence-electron chi connectivity index (χ4n) is 8.84. The maximum absolute atomic E-state index is 5.68. The van der Waals surface area contributed by atoms with Crippen molar-refractivity contribution in [3.8, 4) is 28.2 Å². The molecular weight excluding hydrogens is 607 g/mol. The summed E-state index contributed by atoms with van der Waals surface area (Å²) in [4.78, 5) is 11.2. The van der Waals surface area contributed by atoms with Crippen molar-refractivity contribution in [3.63, 3.8) is 0 Å². The predicted octanol–water partition coefficient (Wildman–Crippen LogP) is 12.2. The number of rotatable bonds is 2. The van der Waals surface area contributed by atoms with Gasteiger partial charge in [-0.15, -0.1) is 0 Å². The van der Waals surface area contributed by atoms with Crippen LogP contribution in [0, 0.1) is 0 Å². The van der Waals surface area contributed by atoms with Gasteiger partial charge >= 0.3 is 0 Å². The zero-order valence-corrected chi connectivity index (χ0v) is 27.8. The Kier molecular flexibility index (Phi) is 5.45. The fourth-order valence-corrected chi connectivity index (χ4v) is 8.84. The summed E-state index contributed by atoms with van der Waals surface area (Å²) in [6, 6.07) is 54.9. The summed E-state index contributed by atoms with van der Waals surface area (Å²) in [6.07, 6.45) is 0. The molecule has 0 saturated carbocycles. The molecule has 50 heavy (non-hydrogen) atoms. The minimum atomic E-state index is -0.181. The second-order valence-electron chi connectivity index (χ2n) is 14.2. The lowest BCUT2D eigenvalue weighted by Crippen LogP contribution is -2.15. The van der Waals surface area contributed by atoms with Crippen LogP contribution < -0.4 is 0 Å². The van der Waals surface area contributed by atoms with E-state index in [0.29, 0.717) is 0 Å². The molecule has 0 atom stereocenters. The molecule has 0 radical (unpaired) electrons. The van der Waals surface area contributed by atoms with Crippen LogP contribution in [-0.2, 0) is 5.41 Å². The average Bonchev–Trinajstić information content (AvgIpc) is 3.60. The molecule has 3 nitrogen and oxygen atoms in total. The van der Waals surface area contributed by atoms with Gasteiger partial charge in [0.2, 0.25) is 0 Å². The molecule has 1 aliphatic carbocycles. The summed E-state index contributed by atoms with van der Waals surface area (Å²) in [5.41, 5.74) is 11.2. The first-order valence-corrected chi connectivity index (χ1v) is 17.3. The Labute approximate surface area is 289 Å². The molecule has 10 aromatic rings. The molecule has 3 heteroatoms. The standard InChI is InChI=1S/C47H31N3/c1-47(2)38-21-10-9-19-34(38)35-23-25-40-42(43(35)47)37-26-30-14-3-4-15-31(30)27-41(37)50(40)46-45(36-20-11-16-28-12-5-7-17-32(28)36)48-39-24-22-29-13-6-8-18-33(29)44(39)49-46/h3-27H,1-2H3. The molecule has 2 aromatic heterocycles. The van der Waals surface area contributed by atoms with E-state index in [2.05, 4.69) is 170 Å². The van der Waals surface area contributed by atoms with Gasteiger partial charge in [-0.25, -0.2) is 9.97 Å². The molecule has 0 spiro atoms. The molecule has 0 amide bonds. The molecule has 0 saturated heterocycles. The van der Waals surface area contributed by atoms with Crippen LogP contribution in [0.2, 0.25) is 0 Å². The van der Waals surface area contributed by atoms with Crippen molar-refractivity contribution < 1.29 is 0 Å². The molecule has 1 aliphatic rings. The molecule has 8 aromatic carbocycles. The highest BCUT2D eigenvalue weighted by molar-refractivity contribution is 6.18. The van der Waals surface area contributed by atoms with Crippen molar-refractivity contribution >= 4 is 65.2 Å².